The molecular formula is C33H35N3O2. The minimum atomic E-state index is -0.714. The zero-order valence-corrected chi connectivity index (χ0v) is 22.0. The molecule has 0 fully saturated rings. The molecule has 3 amide bonds. The second-order valence-electron chi connectivity index (χ2n) is 9.56. The first-order valence-electron chi connectivity index (χ1n) is 13.1. The van der Waals surface area contributed by atoms with Crippen molar-refractivity contribution in [2.45, 2.75) is 38.6 Å². The highest BCUT2D eigenvalue weighted by Crippen LogP contribution is 2.27. The Morgan fingerprint density at radius 3 is 1.76 bits per heavy atom. The van der Waals surface area contributed by atoms with E-state index in [4.69, 9.17) is 0 Å². The van der Waals surface area contributed by atoms with E-state index in [9.17, 15) is 9.59 Å². The molecule has 0 spiro atoms. The fourth-order valence-electron chi connectivity index (χ4n) is 4.74. The number of rotatable bonds is 10. The summed E-state index contributed by atoms with van der Waals surface area (Å²) in [7, 11) is 0. The van der Waals surface area contributed by atoms with Gasteiger partial charge in [-0.3, -0.25) is 4.79 Å². The monoisotopic (exact) mass is 505 g/mol. The summed E-state index contributed by atoms with van der Waals surface area (Å²) in [6.45, 7) is 4.39. The van der Waals surface area contributed by atoms with Crippen LogP contribution >= 0.6 is 0 Å². The summed E-state index contributed by atoms with van der Waals surface area (Å²) >= 11 is 0. The lowest BCUT2D eigenvalue weighted by Gasteiger charge is -2.22. The molecule has 3 N–H and O–H groups in total. The van der Waals surface area contributed by atoms with Gasteiger partial charge in [0.25, 0.3) is 0 Å². The molecule has 0 saturated carbocycles. The van der Waals surface area contributed by atoms with Crippen molar-refractivity contribution in [2.75, 3.05) is 11.9 Å². The number of urea groups is 1. The van der Waals surface area contributed by atoms with Crippen molar-refractivity contribution in [3.8, 4) is 0 Å². The first-order valence-corrected chi connectivity index (χ1v) is 13.1. The molecule has 0 aliphatic rings. The number of nitrogens with one attached hydrogen (secondary N) is 3. The van der Waals surface area contributed by atoms with Crippen molar-refractivity contribution in [3.05, 3.63) is 137 Å². The molecule has 0 radical (unpaired) electrons. The van der Waals surface area contributed by atoms with Gasteiger partial charge in [-0.1, -0.05) is 109 Å². The lowest BCUT2D eigenvalue weighted by molar-refractivity contribution is -0.122. The highest BCUT2D eigenvalue weighted by atomic mass is 16.2. The number of benzene rings is 4. The highest BCUT2D eigenvalue weighted by molar-refractivity contribution is 5.95. The van der Waals surface area contributed by atoms with Crippen LogP contribution in [0.5, 0.6) is 0 Å². The van der Waals surface area contributed by atoms with Gasteiger partial charge in [0.15, 0.2) is 0 Å². The molecule has 0 aliphatic carbocycles. The zero-order valence-electron chi connectivity index (χ0n) is 22.0. The summed E-state index contributed by atoms with van der Waals surface area (Å²) in [5, 5.41) is 8.93. The Kier molecular flexibility index (Phi) is 9.30. The second kappa shape index (κ2) is 13.2. The lowest BCUT2D eigenvalue weighted by Crippen LogP contribution is -2.49. The minimum absolute atomic E-state index is 0.158. The maximum absolute atomic E-state index is 13.4. The summed E-state index contributed by atoms with van der Waals surface area (Å²) in [6, 6.07) is 35.2. The van der Waals surface area contributed by atoms with Crippen molar-refractivity contribution in [1.29, 1.82) is 0 Å². The Hall–Kier alpha value is -4.38. The van der Waals surface area contributed by atoms with E-state index in [2.05, 4.69) is 40.2 Å². The molecule has 1 atom stereocenters. The third-order valence-corrected chi connectivity index (χ3v) is 6.76. The Morgan fingerprint density at radius 1 is 0.684 bits per heavy atom. The van der Waals surface area contributed by atoms with Gasteiger partial charge in [-0.15, -0.1) is 0 Å². The van der Waals surface area contributed by atoms with E-state index in [0.29, 0.717) is 13.0 Å². The standard InChI is InChI=1S/C33H35N3O2/c1-24-13-12-14-25(2)31(24)36-33(38)35-30(23-26-15-6-3-7-16-26)32(37)34-22-21-29(27-17-8-4-9-18-27)28-19-10-5-11-20-28/h3-20,29-30H,21-23H2,1-2H3,(H,34,37)(H2,35,36,38). The van der Waals surface area contributed by atoms with E-state index >= 15 is 0 Å². The van der Waals surface area contributed by atoms with Gasteiger partial charge >= 0.3 is 6.03 Å². The normalized spacial score (nSPS) is 11.6. The van der Waals surface area contributed by atoms with Crippen LogP contribution in [0.25, 0.3) is 0 Å². The lowest BCUT2D eigenvalue weighted by atomic mass is 9.88. The summed E-state index contributed by atoms with van der Waals surface area (Å²) < 4.78 is 0. The molecule has 38 heavy (non-hydrogen) atoms. The van der Waals surface area contributed by atoms with Gasteiger partial charge in [-0.05, 0) is 48.1 Å². The molecule has 5 heteroatoms. The summed E-state index contributed by atoms with van der Waals surface area (Å²) in [6.07, 6.45) is 1.14. The van der Waals surface area contributed by atoms with Crippen LogP contribution in [0.3, 0.4) is 0 Å². The SMILES string of the molecule is Cc1cccc(C)c1NC(=O)NC(Cc1ccccc1)C(=O)NCCC(c1ccccc1)c1ccccc1. The maximum Gasteiger partial charge on any atom is 0.319 e. The Bertz CT molecular complexity index is 1260. The van der Waals surface area contributed by atoms with Crippen LogP contribution in [-0.4, -0.2) is 24.5 Å². The summed E-state index contributed by atoms with van der Waals surface area (Å²) in [5.41, 5.74) is 6.10. The van der Waals surface area contributed by atoms with E-state index in [1.54, 1.807) is 0 Å². The first kappa shape index (κ1) is 26.7. The predicted molar refractivity (Wildman–Crippen MR) is 154 cm³/mol. The molecule has 0 heterocycles. The van der Waals surface area contributed by atoms with E-state index in [1.165, 1.54) is 11.1 Å². The largest absolute Gasteiger partial charge is 0.354 e. The number of amides is 3. The Balaban J connectivity index is 1.44. The number of carbonyl (C=O) groups is 2. The van der Waals surface area contributed by atoms with Gasteiger partial charge < -0.3 is 16.0 Å². The van der Waals surface area contributed by atoms with Crippen molar-refractivity contribution in [2.24, 2.45) is 0 Å². The molecule has 5 nitrogen and oxygen atoms in total. The topological polar surface area (TPSA) is 70.2 Å². The van der Waals surface area contributed by atoms with Crippen LogP contribution in [0.15, 0.2) is 109 Å². The van der Waals surface area contributed by atoms with Gasteiger partial charge in [0.05, 0.1) is 0 Å². The van der Waals surface area contributed by atoms with Crippen LogP contribution in [0, 0.1) is 13.8 Å². The van der Waals surface area contributed by atoms with Crippen LogP contribution < -0.4 is 16.0 Å². The first-order chi connectivity index (χ1) is 18.5. The Morgan fingerprint density at radius 2 is 1.21 bits per heavy atom. The van der Waals surface area contributed by atoms with Gasteiger partial charge in [0, 0.05) is 24.6 Å². The predicted octanol–water partition coefficient (Wildman–Crippen LogP) is 6.37. The molecule has 0 aromatic heterocycles. The molecule has 4 aromatic rings. The average molecular weight is 506 g/mol. The van der Waals surface area contributed by atoms with Crippen molar-refractivity contribution in [3.63, 3.8) is 0 Å². The molecular weight excluding hydrogens is 470 g/mol. The molecule has 4 rings (SSSR count). The Labute approximate surface area is 225 Å². The van der Waals surface area contributed by atoms with Crippen molar-refractivity contribution < 1.29 is 9.59 Å². The van der Waals surface area contributed by atoms with Crippen molar-refractivity contribution >= 4 is 17.6 Å². The minimum Gasteiger partial charge on any atom is -0.354 e. The number of anilines is 1. The fourth-order valence-corrected chi connectivity index (χ4v) is 4.74. The van der Waals surface area contributed by atoms with Gasteiger partial charge in [-0.2, -0.15) is 0 Å². The molecule has 4 aromatic carbocycles. The van der Waals surface area contributed by atoms with E-state index in [0.717, 1.165) is 28.8 Å². The number of hydrogen-bond donors (Lipinski definition) is 3. The average Bonchev–Trinajstić information content (AvgIpc) is 2.94. The third kappa shape index (κ3) is 7.32. The number of hydrogen-bond acceptors (Lipinski definition) is 2. The van der Waals surface area contributed by atoms with E-state index in [-0.39, 0.29) is 11.8 Å². The number of para-hydroxylation sites is 1. The van der Waals surface area contributed by atoms with E-state index in [1.807, 2.05) is 98.8 Å². The van der Waals surface area contributed by atoms with Crippen LogP contribution in [-0.2, 0) is 11.2 Å². The number of carbonyl (C=O) groups excluding carboxylic acids is 2. The molecule has 0 saturated heterocycles. The quantitative estimate of drug-likeness (QED) is 0.234. The van der Waals surface area contributed by atoms with Crippen LogP contribution in [0.1, 0.15) is 40.2 Å². The summed E-state index contributed by atoms with van der Waals surface area (Å²) in [5.74, 6) is -0.0454. The number of aryl methyl sites for hydroxylation is 2. The fraction of sp³-hybridized carbons (Fsp3) is 0.212. The third-order valence-electron chi connectivity index (χ3n) is 6.76. The van der Waals surface area contributed by atoms with Crippen molar-refractivity contribution in [1.82, 2.24) is 10.6 Å². The molecule has 0 bridgehead atoms. The van der Waals surface area contributed by atoms with Crippen LogP contribution in [0.2, 0.25) is 0 Å². The maximum atomic E-state index is 13.4. The van der Waals surface area contributed by atoms with Gasteiger partial charge in [-0.25, -0.2) is 4.79 Å². The molecule has 1 unspecified atom stereocenters. The highest BCUT2D eigenvalue weighted by Gasteiger charge is 2.22. The second-order valence-corrected chi connectivity index (χ2v) is 9.56. The molecule has 194 valence electrons. The van der Waals surface area contributed by atoms with E-state index < -0.39 is 12.1 Å². The summed E-state index contributed by atoms with van der Waals surface area (Å²) in [4.78, 5) is 26.3. The van der Waals surface area contributed by atoms with Gasteiger partial charge in [0.2, 0.25) is 5.91 Å². The van der Waals surface area contributed by atoms with Gasteiger partial charge in [0.1, 0.15) is 6.04 Å². The zero-order chi connectivity index (χ0) is 26.7. The smallest absolute Gasteiger partial charge is 0.319 e. The van der Waals surface area contributed by atoms with Crippen LogP contribution in [0.4, 0.5) is 10.5 Å². The molecule has 0 aliphatic heterocycles.